The van der Waals surface area contributed by atoms with Crippen molar-refractivity contribution in [1.29, 1.82) is 0 Å². The third kappa shape index (κ3) is 3.97. The topological polar surface area (TPSA) is 56.1 Å². The molecule has 0 fully saturated rings. The SMILES string of the molecule is CC(NC(=O)OC(C)(C)C)c1ccnn1C(F)F. The number of carbonyl (C=O) groups is 1. The van der Waals surface area contributed by atoms with Crippen LogP contribution in [0.15, 0.2) is 12.3 Å². The zero-order valence-corrected chi connectivity index (χ0v) is 10.8. The molecule has 0 aliphatic rings. The highest BCUT2D eigenvalue weighted by atomic mass is 19.3. The number of hydrogen-bond acceptors (Lipinski definition) is 3. The fourth-order valence-corrected chi connectivity index (χ4v) is 1.39. The molecule has 0 spiro atoms. The molecule has 0 aromatic carbocycles. The lowest BCUT2D eigenvalue weighted by Crippen LogP contribution is -2.34. The number of aromatic nitrogens is 2. The number of rotatable bonds is 3. The molecule has 1 N–H and O–H groups in total. The van der Waals surface area contributed by atoms with Gasteiger partial charge >= 0.3 is 12.6 Å². The van der Waals surface area contributed by atoms with E-state index in [1.54, 1.807) is 27.7 Å². The lowest BCUT2D eigenvalue weighted by Gasteiger charge is -2.22. The Bertz CT molecular complexity index is 413. The minimum atomic E-state index is -2.74. The molecule has 1 atom stereocenters. The van der Waals surface area contributed by atoms with Gasteiger partial charge in [0.05, 0.1) is 11.7 Å². The Hall–Kier alpha value is -1.66. The van der Waals surface area contributed by atoms with E-state index >= 15 is 0 Å². The molecule has 102 valence electrons. The van der Waals surface area contributed by atoms with Gasteiger partial charge in [0.25, 0.3) is 0 Å². The number of amides is 1. The van der Waals surface area contributed by atoms with Crippen LogP contribution in [0.4, 0.5) is 13.6 Å². The molecule has 1 aromatic heterocycles. The molecule has 0 radical (unpaired) electrons. The zero-order valence-electron chi connectivity index (χ0n) is 10.8. The highest BCUT2D eigenvalue weighted by Gasteiger charge is 2.21. The normalized spacial score (nSPS) is 13.5. The molecule has 5 nitrogen and oxygen atoms in total. The summed E-state index contributed by atoms with van der Waals surface area (Å²) in [5, 5.41) is 5.97. The number of hydrogen-bond donors (Lipinski definition) is 1. The van der Waals surface area contributed by atoms with Gasteiger partial charge in [0.15, 0.2) is 0 Å². The lowest BCUT2D eigenvalue weighted by molar-refractivity contribution is 0.0441. The smallest absolute Gasteiger partial charge is 0.408 e. The van der Waals surface area contributed by atoms with Crippen LogP contribution in [0.25, 0.3) is 0 Å². The molecule has 0 saturated heterocycles. The second-order valence-electron chi connectivity index (χ2n) is 4.85. The largest absolute Gasteiger partial charge is 0.444 e. The Balaban J connectivity index is 2.68. The molecule has 0 aliphatic heterocycles. The van der Waals surface area contributed by atoms with Crippen molar-refractivity contribution in [3.8, 4) is 0 Å². The van der Waals surface area contributed by atoms with Crippen LogP contribution in [0.2, 0.25) is 0 Å². The first kappa shape index (κ1) is 14.4. The minimum absolute atomic E-state index is 0.218. The van der Waals surface area contributed by atoms with Crippen molar-refractivity contribution in [2.24, 2.45) is 0 Å². The Morgan fingerprint density at radius 1 is 1.50 bits per heavy atom. The monoisotopic (exact) mass is 261 g/mol. The van der Waals surface area contributed by atoms with E-state index in [2.05, 4.69) is 10.4 Å². The van der Waals surface area contributed by atoms with Crippen LogP contribution in [-0.2, 0) is 4.74 Å². The molecule has 1 heterocycles. The van der Waals surface area contributed by atoms with Gasteiger partial charge in [-0.15, -0.1) is 0 Å². The Morgan fingerprint density at radius 3 is 2.61 bits per heavy atom. The second kappa shape index (κ2) is 5.32. The van der Waals surface area contributed by atoms with Crippen LogP contribution < -0.4 is 5.32 Å². The molecule has 1 unspecified atom stereocenters. The second-order valence-corrected chi connectivity index (χ2v) is 4.85. The average Bonchev–Trinajstić information content (AvgIpc) is 2.61. The number of nitrogens with one attached hydrogen (secondary N) is 1. The van der Waals surface area contributed by atoms with Crippen molar-refractivity contribution in [3.05, 3.63) is 18.0 Å². The summed E-state index contributed by atoms with van der Waals surface area (Å²) in [6.45, 7) is 4.01. The van der Waals surface area contributed by atoms with Crippen LogP contribution >= 0.6 is 0 Å². The Kier molecular flexibility index (Phi) is 4.26. The summed E-state index contributed by atoms with van der Waals surface area (Å²) in [6, 6.07) is 0.810. The van der Waals surface area contributed by atoms with Gasteiger partial charge in [-0.25, -0.2) is 9.48 Å². The third-order valence-corrected chi connectivity index (χ3v) is 2.06. The van der Waals surface area contributed by atoms with Crippen LogP contribution in [0.3, 0.4) is 0 Å². The number of alkyl carbamates (subject to hydrolysis) is 1. The van der Waals surface area contributed by atoms with Gasteiger partial charge in [0.1, 0.15) is 5.60 Å². The van der Waals surface area contributed by atoms with Crippen molar-refractivity contribution in [1.82, 2.24) is 15.1 Å². The van der Waals surface area contributed by atoms with E-state index in [1.807, 2.05) is 0 Å². The number of halogens is 2. The summed E-state index contributed by atoms with van der Waals surface area (Å²) in [4.78, 5) is 11.5. The summed E-state index contributed by atoms with van der Waals surface area (Å²) in [6.07, 6.45) is 0.603. The maximum atomic E-state index is 12.6. The summed E-state index contributed by atoms with van der Waals surface area (Å²) in [5.74, 6) is 0. The van der Waals surface area contributed by atoms with E-state index in [-0.39, 0.29) is 5.69 Å². The molecule has 1 rings (SSSR count). The van der Waals surface area contributed by atoms with E-state index in [4.69, 9.17) is 4.74 Å². The van der Waals surface area contributed by atoms with E-state index in [9.17, 15) is 13.6 Å². The van der Waals surface area contributed by atoms with Gasteiger partial charge in [-0.1, -0.05) is 0 Å². The Labute approximate surface area is 104 Å². The number of alkyl halides is 2. The molecule has 1 amide bonds. The summed E-state index contributed by atoms with van der Waals surface area (Å²) in [7, 11) is 0. The van der Waals surface area contributed by atoms with Gasteiger partial charge in [0.2, 0.25) is 0 Å². The predicted molar refractivity (Wildman–Crippen MR) is 61.3 cm³/mol. The lowest BCUT2D eigenvalue weighted by atomic mass is 10.2. The highest BCUT2D eigenvalue weighted by molar-refractivity contribution is 5.68. The van der Waals surface area contributed by atoms with E-state index in [0.717, 1.165) is 0 Å². The van der Waals surface area contributed by atoms with E-state index in [0.29, 0.717) is 4.68 Å². The van der Waals surface area contributed by atoms with Crippen LogP contribution in [-0.4, -0.2) is 21.5 Å². The zero-order chi connectivity index (χ0) is 13.9. The van der Waals surface area contributed by atoms with Crippen LogP contribution in [0.1, 0.15) is 46.0 Å². The third-order valence-electron chi connectivity index (χ3n) is 2.06. The van der Waals surface area contributed by atoms with Gasteiger partial charge in [-0.2, -0.15) is 13.9 Å². The quantitative estimate of drug-likeness (QED) is 0.910. The predicted octanol–water partition coefficient (Wildman–Crippen LogP) is 2.86. The average molecular weight is 261 g/mol. The van der Waals surface area contributed by atoms with Crippen LogP contribution in [0.5, 0.6) is 0 Å². The van der Waals surface area contributed by atoms with Crippen molar-refractivity contribution in [2.45, 2.75) is 45.9 Å². The van der Waals surface area contributed by atoms with Gasteiger partial charge in [-0.3, -0.25) is 0 Å². The van der Waals surface area contributed by atoms with Gasteiger partial charge in [0, 0.05) is 6.20 Å². The highest BCUT2D eigenvalue weighted by Crippen LogP contribution is 2.18. The first-order valence-corrected chi connectivity index (χ1v) is 5.52. The maximum Gasteiger partial charge on any atom is 0.408 e. The fourth-order valence-electron chi connectivity index (χ4n) is 1.39. The maximum absolute atomic E-state index is 12.6. The fraction of sp³-hybridized carbons (Fsp3) is 0.636. The molecule has 1 aromatic rings. The molecular formula is C11H17F2N3O2. The van der Waals surface area contributed by atoms with Crippen molar-refractivity contribution in [3.63, 3.8) is 0 Å². The molecular weight excluding hydrogens is 244 g/mol. The molecule has 0 bridgehead atoms. The summed E-state index contributed by atoms with van der Waals surface area (Å²) < 4.78 is 30.8. The number of nitrogens with zero attached hydrogens (tertiary/aromatic N) is 2. The standard InChI is InChI=1S/C11H17F2N3O2/c1-7(15-10(17)18-11(2,3)4)8-5-6-14-16(8)9(12)13/h5-7,9H,1-4H3,(H,15,17). The van der Waals surface area contributed by atoms with Gasteiger partial charge < -0.3 is 10.1 Å². The van der Waals surface area contributed by atoms with Crippen LogP contribution in [0, 0.1) is 0 Å². The van der Waals surface area contributed by atoms with E-state index < -0.39 is 24.3 Å². The summed E-state index contributed by atoms with van der Waals surface area (Å²) in [5.41, 5.74) is -0.414. The summed E-state index contributed by atoms with van der Waals surface area (Å²) >= 11 is 0. The molecule has 0 saturated carbocycles. The molecule has 7 heteroatoms. The van der Waals surface area contributed by atoms with Crippen molar-refractivity contribution >= 4 is 6.09 Å². The molecule has 18 heavy (non-hydrogen) atoms. The first-order chi connectivity index (χ1) is 8.20. The molecule has 0 aliphatic carbocycles. The van der Waals surface area contributed by atoms with Gasteiger partial charge in [-0.05, 0) is 33.8 Å². The van der Waals surface area contributed by atoms with Crippen molar-refractivity contribution < 1.29 is 18.3 Å². The number of ether oxygens (including phenoxy) is 1. The minimum Gasteiger partial charge on any atom is -0.444 e. The van der Waals surface area contributed by atoms with Crippen molar-refractivity contribution in [2.75, 3.05) is 0 Å². The number of carbonyl (C=O) groups excluding carboxylic acids is 1. The first-order valence-electron chi connectivity index (χ1n) is 5.52. The van der Waals surface area contributed by atoms with E-state index in [1.165, 1.54) is 12.3 Å². The Morgan fingerprint density at radius 2 is 2.11 bits per heavy atom.